The van der Waals surface area contributed by atoms with Gasteiger partial charge in [0, 0.05) is 17.7 Å². The zero-order valence-corrected chi connectivity index (χ0v) is 15.0. The average molecular weight is 405 g/mol. The molecule has 0 saturated carbocycles. The molecular weight excluding hydrogens is 394 g/mol. The number of sulfonamides is 1. The summed E-state index contributed by atoms with van der Waals surface area (Å²) in [4.78, 5) is 22.2. The highest BCUT2D eigenvalue weighted by Crippen LogP contribution is 2.24. The van der Waals surface area contributed by atoms with E-state index in [-0.39, 0.29) is 16.5 Å². The number of rotatable bonds is 6. The fraction of sp³-hybridized carbons (Fsp3) is 0. The second-order valence-electron chi connectivity index (χ2n) is 5.11. The van der Waals surface area contributed by atoms with Gasteiger partial charge in [-0.2, -0.15) is 8.42 Å². The quantitative estimate of drug-likeness (QED) is 0.364. The number of hydrogen-bond acceptors (Lipinski definition) is 8. The third-order valence-electron chi connectivity index (χ3n) is 3.20. The van der Waals surface area contributed by atoms with E-state index in [9.17, 15) is 23.3 Å². The number of anilines is 2. The maximum Gasteiger partial charge on any atom is 0.291 e. The van der Waals surface area contributed by atoms with Gasteiger partial charge in [-0.15, -0.1) is 10.2 Å². The summed E-state index contributed by atoms with van der Waals surface area (Å²) in [6.07, 6.45) is 0. The third-order valence-corrected chi connectivity index (χ3v) is 5.79. The highest BCUT2D eigenvalue weighted by molar-refractivity contribution is 7.94. The number of nitro benzene ring substituents is 1. The molecule has 1 amide bonds. The van der Waals surface area contributed by atoms with E-state index in [1.54, 1.807) is 30.3 Å². The molecule has 3 aromatic rings. The first-order chi connectivity index (χ1) is 12.8. The number of nitrogens with zero attached hydrogens (tertiary/aromatic N) is 3. The summed E-state index contributed by atoms with van der Waals surface area (Å²) in [5, 5.41) is 20.4. The van der Waals surface area contributed by atoms with E-state index in [4.69, 9.17) is 0 Å². The predicted octanol–water partition coefficient (Wildman–Crippen LogP) is 2.50. The molecule has 27 heavy (non-hydrogen) atoms. The van der Waals surface area contributed by atoms with Crippen LogP contribution in [-0.2, 0) is 10.0 Å². The Hall–Kier alpha value is -3.38. The van der Waals surface area contributed by atoms with Crippen LogP contribution in [0.4, 0.5) is 16.5 Å². The number of nitro groups is 1. The fourth-order valence-corrected chi connectivity index (χ4v) is 3.96. The van der Waals surface area contributed by atoms with Gasteiger partial charge in [-0.3, -0.25) is 24.9 Å². The second-order valence-corrected chi connectivity index (χ2v) is 7.94. The lowest BCUT2D eigenvalue weighted by molar-refractivity contribution is -0.384. The molecule has 10 nitrogen and oxygen atoms in total. The van der Waals surface area contributed by atoms with Crippen LogP contribution in [0.2, 0.25) is 0 Å². The Balaban J connectivity index is 1.76. The summed E-state index contributed by atoms with van der Waals surface area (Å²) in [5.41, 5.74) is 0.129. The van der Waals surface area contributed by atoms with Crippen molar-refractivity contribution in [1.82, 2.24) is 10.2 Å². The first-order valence-corrected chi connectivity index (χ1v) is 9.62. The second kappa shape index (κ2) is 7.47. The van der Waals surface area contributed by atoms with Gasteiger partial charge in [-0.05, 0) is 18.2 Å². The monoisotopic (exact) mass is 405 g/mol. The van der Waals surface area contributed by atoms with Crippen LogP contribution >= 0.6 is 11.3 Å². The number of carbonyl (C=O) groups is 1. The molecule has 1 aromatic heterocycles. The van der Waals surface area contributed by atoms with Crippen LogP contribution in [0.5, 0.6) is 0 Å². The molecule has 1 heterocycles. The lowest BCUT2D eigenvalue weighted by Crippen LogP contribution is -2.12. The molecule has 3 rings (SSSR count). The highest BCUT2D eigenvalue weighted by atomic mass is 32.2. The van der Waals surface area contributed by atoms with Gasteiger partial charge in [-0.25, -0.2) is 0 Å². The first kappa shape index (κ1) is 18.4. The zero-order valence-electron chi connectivity index (χ0n) is 13.4. The molecule has 2 N–H and O–H groups in total. The number of non-ortho nitro benzene ring substituents is 1. The van der Waals surface area contributed by atoms with Crippen molar-refractivity contribution >= 4 is 43.8 Å². The van der Waals surface area contributed by atoms with Gasteiger partial charge >= 0.3 is 0 Å². The molecule has 0 aliphatic heterocycles. The van der Waals surface area contributed by atoms with Crippen molar-refractivity contribution in [1.29, 1.82) is 0 Å². The summed E-state index contributed by atoms with van der Waals surface area (Å²) < 4.78 is 26.5. The Kier molecular flexibility index (Phi) is 5.09. The lowest BCUT2D eigenvalue weighted by Gasteiger charge is -2.04. The Bertz CT molecular complexity index is 1100. The van der Waals surface area contributed by atoms with Crippen molar-refractivity contribution in [3.8, 4) is 0 Å². The normalized spacial score (nSPS) is 11.0. The smallest absolute Gasteiger partial charge is 0.291 e. The van der Waals surface area contributed by atoms with E-state index in [0.717, 1.165) is 6.07 Å². The standard InChI is InChI=1S/C15H11N5O5S2/c21-13(10-5-2-1-3-6-10)16-14-17-18-15(26-14)27(24,25)19-11-7-4-8-12(9-11)20(22)23/h1-9,19H,(H,16,17,21). The molecule has 0 spiro atoms. The van der Waals surface area contributed by atoms with Gasteiger partial charge in [0.05, 0.1) is 10.6 Å². The molecule has 0 saturated heterocycles. The minimum atomic E-state index is -4.11. The van der Waals surface area contributed by atoms with Crippen molar-refractivity contribution in [3.63, 3.8) is 0 Å². The van der Waals surface area contributed by atoms with Gasteiger partial charge < -0.3 is 0 Å². The summed E-state index contributed by atoms with van der Waals surface area (Å²) in [5.74, 6) is -0.456. The summed E-state index contributed by atoms with van der Waals surface area (Å²) >= 11 is 0.654. The molecule has 0 fully saturated rings. The van der Waals surface area contributed by atoms with Gasteiger partial charge in [0.25, 0.3) is 26.0 Å². The third kappa shape index (κ3) is 4.43. The number of nitrogens with one attached hydrogen (secondary N) is 2. The van der Waals surface area contributed by atoms with Crippen LogP contribution in [-0.4, -0.2) is 29.4 Å². The van der Waals surface area contributed by atoms with Gasteiger partial charge in [0.2, 0.25) is 5.13 Å². The molecule has 12 heteroatoms. The highest BCUT2D eigenvalue weighted by Gasteiger charge is 2.22. The number of hydrogen-bond donors (Lipinski definition) is 2. The van der Waals surface area contributed by atoms with E-state index in [2.05, 4.69) is 20.2 Å². The Morgan fingerprint density at radius 1 is 1.07 bits per heavy atom. The van der Waals surface area contributed by atoms with Crippen LogP contribution in [0, 0.1) is 10.1 Å². The van der Waals surface area contributed by atoms with Crippen molar-refractivity contribution in [2.24, 2.45) is 0 Å². The van der Waals surface area contributed by atoms with Crippen LogP contribution in [0.15, 0.2) is 58.9 Å². The molecule has 2 aromatic carbocycles. The number of benzene rings is 2. The summed E-state index contributed by atoms with van der Waals surface area (Å²) in [6.45, 7) is 0. The molecule has 138 valence electrons. The average Bonchev–Trinajstić information content (AvgIpc) is 3.12. The van der Waals surface area contributed by atoms with E-state index in [0.29, 0.717) is 16.9 Å². The first-order valence-electron chi connectivity index (χ1n) is 7.32. The van der Waals surface area contributed by atoms with Crippen LogP contribution < -0.4 is 10.0 Å². The maximum absolute atomic E-state index is 12.4. The summed E-state index contributed by atoms with van der Waals surface area (Å²) in [6, 6.07) is 13.4. The number of carbonyl (C=O) groups excluding carboxylic acids is 1. The fourth-order valence-electron chi connectivity index (χ4n) is 2.01. The number of amides is 1. The van der Waals surface area contributed by atoms with E-state index in [1.165, 1.54) is 18.2 Å². The Morgan fingerprint density at radius 3 is 2.52 bits per heavy atom. The van der Waals surface area contributed by atoms with E-state index in [1.807, 2.05) is 0 Å². The molecule has 0 atom stereocenters. The molecule has 0 unspecified atom stereocenters. The van der Waals surface area contributed by atoms with Crippen molar-refractivity contribution in [3.05, 3.63) is 70.3 Å². The predicted molar refractivity (Wildman–Crippen MR) is 98.2 cm³/mol. The minimum absolute atomic E-state index is 0.00303. The molecule has 0 radical (unpaired) electrons. The van der Waals surface area contributed by atoms with Crippen LogP contribution in [0.25, 0.3) is 0 Å². The SMILES string of the molecule is O=C(Nc1nnc(S(=O)(=O)Nc2cccc([N+](=O)[O-])c2)s1)c1ccccc1. The lowest BCUT2D eigenvalue weighted by atomic mass is 10.2. The number of aromatic nitrogens is 2. The van der Waals surface area contributed by atoms with Gasteiger partial charge in [-0.1, -0.05) is 35.6 Å². The van der Waals surface area contributed by atoms with Crippen LogP contribution in [0.3, 0.4) is 0 Å². The van der Waals surface area contributed by atoms with Crippen molar-refractivity contribution in [2.75, 3.05) is 10.0 Å². The minimum Gasteiger partial charge on any atom is -0.296 e. The molecule has 0 aliphatic rings. The van der Waals surface area contributed by atoms with Crippen LogP contribution in [0.1, 0.15) is 10.4 Å². The molecule has 0 bridgehead atoms. The van der Waals surface area contributed by atoms with Gasteiger partial charge in [0.15, 0.2) is 0 Å². The summed E-state index contributed by atoms with van der Waals surface area (Å²) in [7, 11) is -4.11. The van der Waals surface area contributed by atoms with Gasteiger partial charge in [0.1, 0.15) is 0 Å². The molecule has 0 aliphatic carbocycles. The Labute approximate surface area is 157 Å². The van der Waals surface area contributed by atoms with E-state index < -0.39 is 25.2 Å². The topological polar surface area (TPSA) is 144 Å². The van der Waals surface area contributed by atoms with E-state index >= 15 is 0 Å². The maximum atomic E-state index is 12.4. The zero-order chi connectivity index (χ0) is 19.4. The van der Waals surface area contributed by atoms with Crippen molar-refractivity contribution in [2.45, 2.75) is 4.34 Å². The largest absolute Gasteiger partial charge is 0.296 e. The Morgan fingerprint density at radius 2 is 1.81 bits per heavy atom. The molecular formula is C15H11N5O5S2. The van der Waals surface area contributed by atoms with Crippen molar-refractivity contribution < 1.29 is 18.1 Å².